The Balaban J connectivity index is 1.49. The minimum absolute atomic E-state index is 0.0976. The van der Waals surface area contributed by atoms with Gasteiger partial charge >= 0.3 is 6.09 Å². The van der Waals surface area contributed by atoms with E-state index in [0.29, 0.717) is 33.9 Å². The SMILES string of the molecule is CO[C@@H]1[C@H](N(C)C(=O)OCC(Cl)(Cl)Cl)CC2O[C@]1(C)n1c3ccccc3c3c4c(c5c6cc([N+](=O)[O-])ccc6n2c5c31)C(=O)NC4. The number of nitro groups is 1. The molecule has 238 valence electrons. The molecule has 8 rings (SSSR count). The van der Waals surface area contributed by atoms with Gasteiger partial charge in [0.1, 0.15) is 18.9 Å². The summed E-state index contributed by atoms with van der Waals surface area (Å²) in [6, 6.07) is 11.9. The number of ether oxygens (including phenoxy) is 3. The molecule has 0 radical (unpaired) electrons. The molecular weight excluding hydrogens is 661 g/mol. The lowest BCUT2D eigenvalue weighted by atomic mass is 9.92. The molecule has 1 unspecified atom stereocenters. The first-order chi connectivity index (χ1) is 21.9. The summed E-state index contributed by atoms with van der Waals surface area (Å²) >= 11 is 17.6. The van der Waals surface area contributed by atoms with E-state index < -0.39 is 45.5 Å². The highest BCUT2D eigenvalue weighted by Crippen LogP contribution is 2.54. The van der Waals surface area contributed by atoms with Gasteiger partial charge in [-0.1, -0.05) is 53.0 Å². The van der Waals surface area contributed by atoms with Gasteiger partial charge in [-0.15, -0.1) is 0 Å². The molecule has 2 amide bonds. The van der Waals surface area contributed by atoms with Crippen molar-refractivity contribution in [2.24, 2.45) is 0 Å². The van der Waals surface area contributed by atoms with Gasteiger partial charge in [0.15, 0.2) is 5.72 Å². The molecule has 2 bridgehead atoms. The number of amides is 2. The maximum absolute atomic E-state index is 13.6. The molecule has 0 spiro atoms. The van der Waals surface area contributed by atoms with Crippen LogP contribution in [0.5, 0.6) is 0 Å². The Morgan fingerprint density at radius 1 is 1.17 bits per heavy atom. The molecular formula is C31H26Cl3N5O7. The van der Waals surface area contributed by atoms with Crippen LogP contribution in [0.4, 0.5) is 10.5 Å². The number of methoxy groups -OCH3 is 1. The molecule has 3 aromatic carbocycles. The van der Waals surface area contributed by atoms with E-state index >= 15 is 0 Å². The number of non-ortho nitro benzene ring substituents is 1. The third-order valence-electron chi connectivity index (χ3n) is 9.63. The lowest BCUT2D eigenvalue weighted by Crippen LogP contribution is -2.61. The first kappa shape index (κ1) is 29.6. The number of fused-ring (bicyclic) bond motifs is 13. The summed E-state index contributed by atoms with van der Waals surface area (Å²) in [6.45, 7) is 1.77. The number of benzene rings is 3. The third kappa shape index (κ3) is 3.88. The molecule has 5 aromatic rings. The van der Waals surface area contributed by atoms with E-state index in [0.717, 1.165) is 27.4 Å². The van der Waals surface area contributed by atoms with Crippen LogP contribution in [0.2, 0.25) is 0 Å². The average Bonchev–Trinajstić information content (AvgIpc) is 3.66. The van der Waals surface area contributed by atoms with Gasteiger partial charge in [0.25, 0.3) is 11.6 Å². The molecule has 1 fully saturated rings. The fourth-order valence-electron chi connectivity index (χ4n) is 7.93. The summed E-state index contributed by atoms with van der Waals surface area (Å²) in [5, 5.41) is 17.9. The number of likely N-dealkylation sites (N-methyl/N-ethyl adjacent to an activating group) is 1. The van der Waals surface area contributed by atoms with Crippen molar-refractivity contribution in [3.63, 3.8) is 0 Å². The monoisotopic (exact) mass is 685 g/mol. The highest BCUT2D eigenvalue weighted by Gasteiger charge is 2.55. The number of carbonyl (C=O) groups is 2. The van der Waals surface area contributed by atoms with Gasteiger partial charge in [0, 0.05) is 60.8 Å². The standard InChI is InChI=1S/C31H26Cl3N5O7/c1-30-27(44-3)20(36(2)29(41)45-13-31(32,33)34)11-21(46-30)37-18-9-8-14(39(42)43)10-16(18)23-24-17(12-35-28(24)40)22-15-6-4-5-7-19(15)38(30)26(22)25(23)37/h4-10,20-21,27H,11-13H2,1-3H3,(H,35,40)/t20-,21?,27-,30+/m1/s1. The zero-order chi connectivity index (χ0) is 32.4. The summed E-state index contributed by atoms with van der Waals surface area (Å²) in [5.41, 5.74) is 3.01. The number of hydrogen-bond donors (Lipinski definition) is 1. The highest BCUT2D eigenvalue weighted by molar-refractivity contribution is 6.67. The number of halogens is 3. The van der Waals surface area contributed by atoms with Crippen LogP contribution in [0, 0.1) is 10.1 Å². The first-order valence-corrected chi connectivity index (χ1v) is 15.6. The number of nitrogens with zero attached hydrogens (tertiary/aromatic N) is 4. The minimum Gasteiger partial charge on any atom is -0.445 e. The van der Waals surface area contributed by atoms with E-state index in [1.807, 2.05) is 35.8 Å². The predicted octanol–water partition coefficient (Wildman–Crippen LogP) is 6.48. The van der Waals surface area contributed by atoms with Gasteiger partial charge < -0.3 is 33.6 Å². The second-order valence-corrected chi connectivity index (χ2v) is 14.5. The summed E-state index contributed by atoms with van der Waals surface area (Å²) in [4.78, 5) is 39.9. The second kappa shape index (κ2) is 9.85. The zero-order valence-electron chi connectivity index (χ0n) is 24.7. The van der Waals surface area contributed by atoms with Crippen LogP contribution < -0.4 is 5.32 Å². The van der Waals surface area contributed by atoms with E-state index in [4.69, 9.17) is 49.0 Å². The molecule has 3 aliphatic heterocycles. The summed E-state index contributed by atoms with van der Waals surface area (Å²) in [6.07, 6.45) is -1.88. The Hall–Kier alpha value is -3.81. The Labute approximate surface area is 275 Å². The lowest BCUT2D eigenvalue weighted by molar-refractivity contribution is -0.384. The number of nitro benzene ring substituents is 1. The van der Waals surface area contributed by atoms with Crippen LogP contribution in [0.1, 0.15) is 35.5 Å². The molecule has 15 heteroatoms. The molecule has 0 saturated carbocycles. The predicted molar refractivity (Wildman–Crippen MR) is 173 cm³/mol. The van der Waals surface area contributed by atoms with Crippen LogP contribution in [0.25, 0.3) is 43.6 Å². The van der Waals surface area contributed by atoms with Crippen LogP contribution >= 0.6 is 34.8 Å². The number of hydrogen-bond acceptors (Lipinski definition) is 7. The van der Waals surface area contributed by atoms with Crippen LogP contribution in [0.15, 0.2) is 42.5 Å². The molecule has 12 nitrogen and oxygen atoms in total. The van der Waals surface area contributed by atoms with Crippen LogP contribution in [0.3, 0.4) is 0 Å². The van der Waals surface area contributed by atoms with Gasteiger partial charge in [-0.2, -0.15) is 0 Å². The Morgan fingerprint density at radius 3 is 2.65 bits per heavy atom. The summed E-state index contributed by atoms with van der Waals surface area (Å²) in [5.74, 6) is -0.247. The van der Waals surface area contributed by atoms with Crippen molar-refractivity contribution in [3.05, 3.63) is 63.7 Å². The molecule has 2 aromatic heterocycles. The second-order valence-electron chi connectivity index (χ2n) is 12.0. The number of rotatable bonds is 4. The van der Waals surface area contributed by atoms with Crippen molar-refractivity contribution in [1.82, 2.24) is 19.4 Å². The van der Waals surface area contributed by atoms with Gasteiger partial charge in [-0.25, -0.2) is 4.79 Å². The van der Waals surface area contributed by atoms with Crippen molar-refractivity contribution in [1.29, 1.82) is 0 Å². The highest BCUT2D eigenvalue weighted by atomic mass is 35.6. The summed E-state index contributed by atoms with van der Waals surface area (Å²) in [7, 11) is 3.16. The molecule has 1 N–H and O–H groups in total. The molecule has 0 aliphatic carbocycles. The van der Waals surface area contributed by atoms with Crippen molar-refractivity contribution in [2.45, 2.75) is 47.8 Å². The van der Waals surface area contributed by atoms with E-state index in [2.05, 4.69) is 9.88 Å². The van der Waals surface area contributed by atoms with Gasteiger partial charge in [0.05, 0.1) is 38.6 Å². The summed E-state index contributed by atoms with van der Waals surface area (Å²) < 4.78 is 20.9. The van der Waals surface area contributed by atoms with Crippen molar-refractivity contribution >= 4 is 96.1 Å². The van der Waals surface area contributed by atoms with Crippen LogP contribution in [-0.2, 0) is 26.5 Å². The quantitative estimate of drug-likeness (QED) is 0.130. The molecule has 4 atom stereocenters. The number of carbonyl (C=O) groups excluding carboxylic acids is 2. The molecule has 1 saturated heterocycles. The first-order valence-electron chi connectivity index (χ1n) is 14.5. The van der Waals surface area contributed by atoms with Gasteiger partial charge in [0.2, 0.25) is 3.79 Å². The fraction of sp³-hybridized carbons (Fsp3) is 0.355. The van der Waals surface area contributed by atoms with Crippen molar-refractivity contribution < 1.29 is 28.7 Å². The van der Waals surface area contributed by atoms with Crippen LogP contribution in [-0.4, -0.2) is 67.7 Å². The fourth-order valence-corrected chi connectivity index (χ4v) is 8.09. The molecule has 3 aliphatic rings. The lowest BCUT2D eigenvalue weighted by Gasteiger charge is -2.50. The maximum atomic E-state index is 13.6. The number of nitrogens with one attached hydrogen (secondary N) is 1. The normalized spacial score (nSPS) is 23.7. The zero-order valence-corrected chi connectivity index (χ0v) is 26.9. The van der Waals surface area contributed by atoms with E-state index in [1.54, 1.807) is 20.2 Å². The minimum atomic E-state index is -1.80. The van der Waals surface area contributed by atoms with Gasteiger partial charge in [-0.05, 0) is 24.6 Å². The Kier molecular flexibility index (Phi) is 6.33. The van der Waals surface area contributed by atoms with E-state index in [-0.39, 0.29) is 18.0 Å². The van der Waals surface area contributed by atoms with Crippen molar-refractivity contribution in [3.8, 4) is 0 Å². The largest absolute Gasteiger partial charge is 0.445 e. The smallest absolute Gasteiger partial charge is 0.409 e. The molecule has 5 heterocycles. The number of alkyl halides is 3. The third-order valence-corrected chi connectivity index (χ3v) is 9.96. The van der Waals surface area contributed by atoms with Crippen molar-refractivity contribution in [2.75, 3.05) is 20.8 Å². The average molecular weight is 687 g/mol. The molecule has 46 heavy (non-hydrogen) atoms. The Morgan fingerprint density at radius 2 is 1.93 bits per heavy atom. The maximum Gasteiger partial charge on any atom is 0.409 e. The number of para-hydroxylation sites is 1. The van der Waals surface area contributed by atoms with E-state index in [9.17, 15) is 19.7 Å². The van der Waals surface area contributed by atoms with E-state index in [1.165, 1.54) is 17.0 Å². The topological polar surface area (TPSA) is 130 Å². The Bertz CT molecular complexity index is 2190. The van der Waals surface area contributed by atoms with Gasteiger partial charge in [-0.3, -0.25) is 14.9 Å². The number of aromatic nitrogens is 2.